The third-order valence-corrected chi connectivity index (χ3v) is 4.30. The van der Waals surface area contributed by atoms with Gasteiger partial charge in [0.05, 0.1) is 19.7 Å². The number of hydrogen-bond acceptors (Lipinski definition) is 4. The number of amides is 1. The summed E-state index contributed by atoms with van der Waals surface area (Å²) >= 11 is 0. The normalized spacial score (nSPS) is 17.1. The minimum atomic E-state index is -0.487. The Bertz CT molecular complexity index is 540. The minimum Gasteiger partial charge on any atom is -0.453 e. The number of rotatable bonds is 6. The first-order valence-corrected chi connectivity index (χ1v) is 8.36. The van der Waals surface area contributed by atoms with Gasteiger partial charge in [-0.25, -0.2) is 4.79 Å². The number of hydrogen-bond donors (Lipinski definition) is 1. The number of nitrogens with one attached hydrogen (secondary N) is 1. The van der Waals surface area contributed by atoms with Gasteiger partial charge in [-0.3, -0.25) is 10.3 Å². The van der Waals surface area contributed by atoms with Crippen LogP contribution in [-0.2, 0) is 11.2 Å². The Labute approximate surface area is 138 Å². The fraction of sp³-hybridized carbons (Fsp3) is 0.556. The van der Waals surface area contributed by atoms with Gasteiger partial charge in [0.15, 0.2) is 0 Å². The van der Waals surface area contributed by atoms with E-state index in [-0.39, 0.29) is 6.04 Å². The Hall–Kier alpha value is -2.04. The lowest BCUT2D eigenvalue weighted by Gasteiger charge is -2.23. The maximum absolute atomic E-state index is 11.3. The van der Waals surface area contributed by atoms with Crippen molar-refractivity contribution in [2.24, 2.45) is 4.99 Å². The van der Waals surface area contributed by atoms with Crippen LogP contribution in [0.5, 0.6) is 0 Å². The first kappa shape index (κ1) is 17.3. The van der Waals surface area contributed by atoms with Crippen LogP contribution in [-0.4, -0.2) is 37.7 Å². The van der Waals surface area contributed by atoms with E-state index in [9.17, 15) is 4.79 Å². The summed E-state index contributed by atoms with van der Waals surface area (Å²) in [5.74, 6) is 0.561. The van der Waals surface area contributed by atoms with Gasteiger partial charge < -0.3 is 9.64 Å². The second-order valence-electron chi connectivity index (χ2n) is 5.96. The van der Waals surface area contributed by atoms with Crippen molar-refractivity contribution in [3.63, 3.8) is 0 Å². The quantitative estimate of drug-likeness (QED) is 0.817. The smallest absolute Gasteiger partial charge is 0.413 e. The largest absolute Gasteiger partial charge is 0.453 e. The molecule has 2 rings (SSSR count). The summed E-state index contributed by atoms with van der Waals surface area (Å²) in [5.41, 5.74) is 2.61. The molecule has 1 heterocycles. The fourth-order valence-corrected chi connectivity index (χ4v) is 2.82. The maximum atomic E-state index is 11.3. The average molecular weight is 317 g/mol. The van der Waals surface area contributed by atoms with E-state index >= 15 is 0 Å². The van der Waals surface area contributed by atoms with Crippen LogP contribution in [0.1, 0.15) is 49.8 Å². The molecule has 1 N–H and O–H groups in total. The summed E-state index contributed by atoms with van der Waals surface area (Å²) in [6.45, 7) is 2.88. The number of methoxy groups -OCH3 is 1. The van der Waals surface area contributed by atoms with E-state index in [1.54, 1.807) is 0 Å². The Balaban J connectivity index is 1.89. The fourth-order valence-electron chi connectivity index (χ4n) is 2.82. The summed E-state index contributed by atoms with van der Waals surface area (Å²) in [6.07, 6.45) is 5.81. The highest BCUT2D eigenvalue weighted by atomic mass is 16.5. The Morgan fingerprint density at radius 2 is 2.04 bits per heavy atom. The molecule has 0 fully saturated rings. The van der Waals surface area contributed by atoms with Crippen LogP contribution < -0.4 is 5.32 Å². The van der Waals surface area contributed by atoms with Crippen molar-refractivity contribution in [1.82, 2.24) is 10.2 Å². The molecule has 1 unspecified atom stereocenters. The number of likely N-dealkylation sites (N-methyl/N-ethyl adjacent to an activating group) is 1. The lowest BCUT2D eigenvalue weighted by Crippen LogP contribution is -2.40. The Morgan fingerprint density at radius 3 is 2.70 bits per heavy atom. The molecule has 23 heavy (non-hydrogen) atoms. The number of benzene rings is 1. The highest BCUT2D eigenvalue weighted by molar-refractivity contribution is 5.94. The molecule has 0 saturated heterocycles. The molecule has 126 valence electrons. The van der Waals surface area contributed by atoms with Gasteiger partial charge in [0.1, 0.15) is 0 Å². The predicted molar refractivity (Wildman–Crippen MR) is 92.6 cm³/mol. The molecule has 1 aliphatic rings. The zero-order valence-corrected chi connectivity index (χ0v) is 14.3. The van der Waals surface area contributed by atoms with Crippen molar-refractivity contribution in [2.75, 3.05) is 20.7 Å². The van der Waals surface area contributed by atoms with Gasteiger partial charge in [-0.2, -0.15) is 0 Å². The number of carbonyl (C=O) groups is 1. The molecule has 0 radical (unpaired) electrons. The van der Waals surface area contributed by atoms with Gasteiger partial charge in [-0.15, -0.1) is 0 Å². The molecule has 0 bridgehead atoms. The highest BCUT2D eigenvalue weighted by Crippen LogP contribution is 2.25. The van der Waals surface area contributed by atoms with Crippen LogP contribution in [0.4, 0.5) is 4.79 Å². The van der Waals surface area contributed by atoms with E-state index in [2.05, 4.69) is 46.2 Å². The monoisotopic (exact) mass is 317 g/mol. The standard InChI is InChI=1S/C18H27N3O2/c1-4-5-6-7-8-14-9-11-15(12-10-14)16-13-19-17(21(16)2)20-18(22)23-3/h9-12,16H,4-8,13H2,1-3H3,(H,19,20,22). The van der Waals surface area contributed by atoms with E-state index in [0.717, 1.165) is 6.42 Å². The van der Waals surface area contributed by atoms with Crippen LogP contribution in [0, 0.1) is 0 Å². The van der Waals surface area contributed by atoms with Gasteiger partial charge in [0, 0.05) is 7.05 Å². The molecule has 1 amide bonds. The topological polar surface area (TPSA) is 53.9 Å². The van der Waals surface area contributed by atoms with Gasteiger partial charge in [-0.05, 0) is 24.0 Å². The summed E-state index contributed by atoms with van der Waals surface area (Å²) in [5, 5.41) is 2.64. The van der Waals surface area contributed by atoms with Crippen LogP contribution >= 0.6 is 0 Å². The molecule has 0 aromatic heterocycles. The summed E-state index contributed by atoms with van der Waals surface area (Å²) < 4.78 is 4.61. The highest BCUT2D eigenvalue weighted by Gasteiger charge is 2.27. The zero-order chi connectivity index (χ0) is 16.7. The molecule has 1 aromatic carbocycles. The van der Waals surface area contributed by atoms with Crippen LogP contribution in [0.3, 0.4) is 0 Å². The lowest BCUT2D eigenvalue weighted by atomic mass is 10.0. The first-order chi connectivity index (χ1) is 11.2. The van der Waals surface area contributed by atoms with Crippen LogP contribution in [0.2, 0.25) is 0 Å². The third-order valence-electron chi connectivity index (χ3n) is 4.30. The van der Waals surface area contributed by atoms with Crippen LogP contribution in [0.15, 0.2) is 29.3 Å². The summed E-state index contributed by atoms with van der Waals surface area (Å²) in [6, 6.07) is 8.93. The van der Waals surface area contributed by atoms with E-state index in [0.29, 0.717) is 12.5 Å². The van der Waals surface area contributed by atoms with Gasteiger partial charge in [-0.1, -0.05) is 50.5 Å². The number of aliphatic imine (C=N–C) groups is 1. The van der Waals surface area contributed by atoms with Crippen molar-refractivity contribution in [3.05, 3.63) is 35.4 Å². The molecule has 1 aromatic rings. The van der Waals surface area contributed by atoms with E-state index < -0.39 is 6.09 Å². The van der Waals surface area contributed by atoms with E-state index in [1.165, 1.54) is 43.9 Å². The van der Waals surface area contributed by atoms with E-state index in [4.69, 9.17) is 0 Å². The number of ether oxygens (including phenoxy) is 1. The minimum absolute atomic E-state index is 0.163. The second-order valence-corrected chi connectivity index (χ2v) is 5.96. The SMILES string of the molecule is CCCCCCc1ccc(C2CN=C(NC(=O)OC)N2C)cc1. The van der Waals surface area contributed by atoms with Crippen molar-refractivity contribution >= 4 is 12.1 Å². The predicted octanol–water partition coefficient (Wildman–Crippen LogP) is 3.51. The molecule has 5 heteroatoms. The lowest BCUT2D eigenvalue weighted by molar-refractivity contribution is 0.175. The summed E-state index contributed by atoms with van der Waals surface area (Å²) in [4.78, 5) is 17.7. The molecular formula is C18H27N3O2. The van der Waals surface area contributed by atoms with Crippen molar-refractivity contribution in [2.45, 2.75) is 45.1 Å². The number of guanidine groups is 1. The van der Waals surface area contributed by atoms with Crippen molar-refractivity contribution in [3.8, 4) is 0 Å². The van der Waals surface area contributed by atoms with Crippen molar-refractivity contribution < 1.29 is 9.53 Å². The van der Waals surface area contributed by atoms with Crippen LogP contribution in [0.25, 0.3) is 0 Å². The molecule has 0 aliphatic carbocycles. The third kappa shape index (κ3) is 4.71. The van der Waals surface area contributed by atoms with Gasteiger partial charge in [0.25, 0.3) is 0 Å². The molecule has 0 saturated carbocycles. The number of unbranched alkanes of at least 4 members (excludes halogenated alkanes) is 3. The maximum Gasteiger partial charge on any atom is 0.413 e. The molecular weight excluding hydrogens is 290 g/mol. The first-order valence-electron chi connectivity index (χ1n) is 8.36. The number of aryl methyl sites for hydroxylation is 1. The zero-order valence-electron chi connectivity index (χ0n) is 14.3. The number of carbonyl (C=O) groups excluding carboxylic acids is 1. The molecule has 5 nitrogen and oxygen atoms in total. The molecule has 1 atom stereocenters. The van der Waals surface area contributed by atoms with Gasteiger partial charge >= 0.3 is 6.09 Å². The van der Waals surface area contributed by atoms with Gasteiger partial charge in [0.2, 0.25) is 5.96 Å². The summed E-state index contributed by atoms with van der Waals surface area (Å²) in [7, 11) is 3.28. The van der Waals surface area contributed by atoms with Crippen molar-refractivity contribution in [1.29, 1.82) is 0 Å². The molecule has 1 aliphatic heterocycles. The Morgan fingerprint density at radius 1 is 1.30 bits per heavy atom. The molecule has 0 spiro atoms. The number of nitrogens with zero attached hydrogens (tertiary/aromatic N) is 2. The number of alkyl carbamates (subject to hydrolysis) is 1. The Kier molecular flexibility index (Phi) is 6.44. The second kappa shape index (κ2) is 8.56. The average Bonchev–Trinajstić information content (AvgIpc) is 2.93. The van der Waals surface area contributed by atoms with E-state index in [1.807, 2.05) is 11.9 Å².